The molecule has 4 nitrogen and oxygen atoms in total. The lowest BCUT2D eigenvalue weighted by Gasteiger charge is -2.24. The first-order valence-electron chi connectivity index (χ1n) is 5.38. The van der Waals surface area contributed by atoms with Crippen LogP contribution in [-0.4, -0.2) is 22.6 Å². The Hall–Kier alpha value is -0.590. The van der Waals surface area contributed by atoms with Gasteiger partial charge < -0.3 is 10.3 Å². The van der Waals surface area contributed by atoms with Crippen LogP contribution in [0.3, 0.4) is 0 Å². The van der Waals surface area contributed by atoms with Crippen molar-refractivity contribution >= 4 is 42.9 Å². The third-order valence-electron chi connectivity index (χ3n) is 3.31. The largest absolute Gasteiger partial charge is 0.326 e. The topological polar surface area (TPSA) is 49.8 Å². The van der Waals surface area contributed by atoms with E-state index in [1.807, 2.05) is 17.7 Å². The lowest BCUT2D eigenvalue weighted by Crippen LogP contribution is -2.38. The summed E-state index contributed by atoms with van der Waals surface area (Å²) in [6.07, 6.45) is 0.921. The number of H-pyrrole nitrogens is 1. The van der Waals surface area contributed by atoms with Crippen LogP contribution in [0, 0.1) is 0 Å². The molecule has 1 aromatic heterocycles. The third kappa shape index (κ3) is 1.62. The van der Waals surface area contributed by atoms with Gasteiger partial charge in [0.25, 0.3) is 0 Å². The Kier molecular flexibility index (Phi) is 2.68. The zero-order valence-corrected chi connectivity index (χ0v) is 12.4. The summed E-state index contributed by atoms with van der Waals surface area (Å²) in [5.41, 5.74) is 3.07. The average molecular weight is 361 g/mol. The van der Waals surface area contributed by atoms with Crippen molar-refractivity contribution in [2.75, 3.05) is 7.05 Å². The molecule has 0 radical (unpaired) electrons. The van der Waals surface area contributed by atoms with Crippen molar-refractivity contribution in [1.82, 2.24) is 14.9 Å². The van der Waals surface area contributed by atoms with Gasteiger partial charge in [0.2, 0.25) is 0 Å². The minimum atomic E-state index is -0.0359. The number of nitrogens with zero attached hydrogens (tertiary/aromatic N) is 1. The molecule has 6 heteroatoms. The van der Waals surface area contributed by atoms with Gasteiger partial charge in [0.05, 0.1) is 11.0 Å². The molecule has 0 saturated heterocycles. The summed E-state index contributed by atoms with van der Waals surface area (Å²) in [5, 5.41) is 3.24. The highest BCUT2D eigenvalue weighted by molar-refractivity contribution is 9.13. The molecular formula is C11H11Br2N3O. The summed E-state index contributed by atoms with van der Waals surface area (Å²) in [7, 11) is 1.93. The zero-order valence-electron chi connectivity index (χ0n) is 9.18. The average Bonchev–Trinajstić information content (AvgIpc) is 2.63. The molecule has 90 valence electrons. The monoisotopic (exact) mass is 359 g/mol. The predicted octanol–water partition coefficient (Wildman–Crippen LogP) is 2.00. The first-order valence-corrected chi connectivity index (χ1v) is 6.97. The molecule has 0 spiro atoms. The van der Waals surface area contributed by atoms with Gasteiger partial charge in [-0.05, 0) is 57.0 Å². The first-order chi connectivity index (χ1) is 8.11. The molecule has 0 bridgehead atoms. The summed E-state index contributed by atoms with van der Waals surface area (Å²) >= 11 is 7.10. The molecule has 0 amide bonds. The van der Waals surface area contributed by atoms with Crippen LogP contribution in [0.2, 0.25) is 0 Å². The second-order valence-corrected chi connectivity index (χ2v) is 5.92. The molecule has 1 aliphatic rings. The van der Waals surface area contributed by atoms with Crippen LogP contribution in [0.15, 0.2) is 19.8 Å². The Balaban J connectivity index is 2.40. The van der Waals surface area contributed by atoms with Crippen LogP contribution in [0.25, 0.3) is 11.0 Å². The quantitative estimate of drug-likeness (QED) is 0.817. The fourth-order valence-electron chi connectivity index (χ4n) is 2.44. The standard InChI is InChI=1S/C11H11Br2N3O/c1-14-5-2-6-9(13)7(12)3-8-10(6)16(4-5)11(17)15-8/h3,5,14H,2,4H2,1H3,(H,15,17)/t5-/m1/s1. The number of nitrogens with one attached hydrogen (secondary N) is 2. The van der Waals surface area contributed by atoms with Crippen molar-refractivity contribution in [2.45, 2.75) is 19.0 Å². The summed E-state index contributed by atoms with van der Waals surface area (Å²) < 4.78 is 3.83. The van der Waals surface area contributed by atoms with Crippen LogP contribution < -0.4 is 11.0 Å². The van der Waals surface area contributed by atoms with E-state index in [0.717, 1.165) is 32.9 Å². The lowest BCUT2D eigenvalue weighted by atomic mass is 10.0. The number of aromatic amines is 1. The van der Waals surface area contributed by atoms with Crippen molar-refractivity contribution in [1.29, 1.82) is 0 Å². The lowest BCUT2D eigenvalue weighted by molar-refractivity contribution is 0.462. The molecule has 0 fully saturated rings. The van der Waals surface area contributed by atoms with E-state index in [4.69, 9.17) is 0 Å². The molecule has 1 aromatic carbocycles. The second kappa shape index (κ2) is 3.96. The summed E-state index contributed by atoms with van der Waals surface area (Å²) in [4.78, 5) is 14.8. The highest BCUT2D eigenvalue weighted by Gasteiger charge is 2.24. The smallest absolute Gasteiger partial charge is 0.315 e. The maximum Gasteiger partial charge on any atom is 0.326 e. The van der Waals surface area contributed by atoms with E-state index in [2.05, 4.69) is 42.2 Å². The Morgan fingerprint density at radius 3 is 3.00 bits per heavy atom. The molecule has 2 N–H and O–H groups in total. The Bertz CT molecular complexity index is 659. The number of halogens is 2. The number of rotatable bonds is 1. The molecule has 0 unspecified atom stereocenters. The van der Waals surface area contributed by atoms with Gasteiger partial charge in [0, 0.05) is 21.5 Å². The maximum absolute atomic E-state index is 11.9. The number of imidazole rings is 1. The van der Waals surface area contributed by atoms with E-state index in [1.165, 1.54) is 5.56 Å². The molecule has 0 saturated carbocycles. The molecular weight excluding hydrogens is 350 g/mol. The van der Waals surface area contributed by atoms with Crippen molar-refractivity contribution in [2.24, 2.45) is 0 Å². The van der Waals surface area contributed by atoms with Gasteiger partial charge in [-0.1, -0.05) is 0 Å². The number of aromatic nitrogens is 2. The summed E-state index contributed by atoms with van der Waals surface area (Å²) in [6, 6.07) is 2.24. The zero-order chi connectivity index (χ0) is 12.2. The third-order valence-corrected chi connectivity index (χ3v) is 5.37. The SMILES string of the molecule is CN[C@@H]1Cc2c(Br)c(Br)cc3[nH]c(=O)n(c23)C1. The summed E-state index contributed by atoms with van der Waals surface area (Å²) in [5.74, 6) is 0. The molecule has 1 atom stereocenters. The van der Waals surface area contributed by atoms with Crippen molar-refractivity contribution < 1.29 is 0 Å². The number of benzene rings is 1. The van der Waals surface area contributed by atoms with Gasteiger partial charge in [-0.2, -0.15) is 0 Å². The molecule has 17 heavy (non-hydrogen) atoms. The van der Waals surface area contributed by atoms with Gasteiger partial charge in [-0.25, -0.2) is 4.79 Å². The Morgan fingerprint density at radius 2 is 2.29 bits per heavy atom. The molecule has 3 rings (SSSR count). The van der Waals surface area contributed by atoms with Gasteiger partial charge in [0.1, 0.15) is 0 Å². The van der Waals surface area contributed by atoms with Crippen molar-refractivity contribution in [3.8, 4) is 0 Å². The van der Waals surface area contributed by atoms with E-state index < -0.39 is 0 Å². The van der Waals surface area contributed by atoms with E-state index in [-0.39, 0.29) is 5.69 Å². The Morgan fingerprint density at radius 1 is 1.53 bits per heavy atom. The minimum Gasteiger partial charge on any atom is -0.315 e. The molecule has 0 aliphatic carbocycles. The van der Waals surface area contributed by atoms with E-state index in [0.29, 0.717) is 6.04 Å². The van der Waals surface area contributed by atoms with Crippen LogP contribution in [0.5, 0.6) is 0 Å². The van der Waals surface area contributed by atoms with Gasteiger partial charge in [-0.3, -0.25) is 4.57 Å². The minimum absolute atomic E-state index is 0.0359. The van der Waals surface area contributed by atoms with E-state index >= 15 is 0 Å². The van der Waals surface area contributed by atoms with E-state index in [9.17, 15) is 4.79 Å². The predicted molar refractivity (Wildman–Crippen MR) is 74.5 cm³/mol. The van der Waals surface area contributed by atoms with Crippen LogP contribution in [0.1, 0.15) is 5.56 Å². The van der Waals surface area contributed by atoms with Gasteiger partial charge >= 0.3 is 5.69 Å². The molecule has 1 aliphatic heterocycles. The second-order valence-electron chi connectivity index (χ2n) is 4.28. The van der Waals surface area contributed by atoms with Crippen LogP contribution in [-0.2, 0) is 13.0 Å². The highest BCUT2D eigenvalue weighted by Crippen LogP contribution is 2.35. The highest BCUT2D eigenvalue weighted by atomic mass is 79.9. The Labute approximate surface area is 115 Å². The van der Waals surface area contributed by atoms with Crippen LogP contribution in [0.4, 0.5) is 0 Å². The fraction of sp³-hybridized carbons (Fsp3) is 0.364. The van der Waals surface area contributed by atoms with Crippen molar-refractivity contribution in [3.63, 3.8) is 0 Å². The first kappa shape index (κ1) is 11.5. The molecule has 2 aromatic rings. The maximum atomic E-state index is 11.9. The molecule has 2 heterocycles. The van der Waals surface area contributed by atoms with Gasteiger partial charge in [-0.15, -0.1) is 0 Å². The van der Waals surface area contributed by atoms with E-state index in [1.54, 1.807) is 0 Å². The normalized spacial score (nSPS) is 18.9. The van der Waals surface area contributed by atoms with Crippen LogP contribution >= 0.6 is 31.9 Å². The number of hydrogen-bond acceptors (Lipinski definition) is 2. The number of likely N-dealkylation sites (N-methyl/N-ethyl adjacent to an activating group) is 1. The summed E-state index contributed by atoms with van der Waals surface area (Å²) in [6.45, 7) is 0.719. The fourth-order valence-corrected chi connectivity index (χ4v) is 3.37. The van der Waals surface area contributed by atoms with Crippen molar-refractivity contribution in [3.05, 3.63) is 31.1 Å². The van der Waals surface area contributed by atoms with Gasteiger partial charge in [0.15, 0.2) is 0 Å². The number of hydrogen-bond donors (Lipinski definition) is 2.